The summed E-state index contributed by atoms with van der Waals surface area (Å²) >= 11 is 0. The lowest BCUT2D eigenvalue weighted by Gasteiger charge is -2.22. The van der Waals surface area contributed by atoms with Gasteiger partial charge in [-0.05, 0) is 69.2 Å². The van der Waals surface area contributed by atoms with E-state index < -0.39 is 0 Å². The van der Waals surface area contributed by atoms with Gasteiger partial charge < -0.3 is 14.7 Å². The quantitative estimate of drug-likeness (QED) is 0.717. The minimum Gasteiger partial charge on any atom is -0.372 e. The molecule has 2 aromatic rings. The van der Waals surface area contributed by atoms with Crippen LogP contribution in [0.25, 0.3) is 11.4 Å². The smallest absolute Gasteiger partial charge is 0.316 e. The molecular formula is C23H30N4O2. The molecule has 0 spiro atoms. The third kappa shape index (κ3) is 5.25. The highest BCUT2D eigenvalue weighted by Crippen LogP contribution is 2.24. The Morgan fingerprint density at radius 2 is 1.83 bits per heavy atom. The molecule has 1 N–H and O–H groups in total. The SMILES string of the molecule is O=C(NCCC1=CCCCC1)c1nc(-c2ccc(N3CCCCCC3)cc2)no1. The third-order valence-electron chi connectivity index (χ3n) is 5.83. The normalized spacial score (nSPS) is 17.5. The van der Waals surface area contributed by atoms with E-state index in [0.29, 0.717) is 12.4 Å². The zero-order valence-corrected chi connectivity index (χ0v) is 17.0. The molecular weight excluding hydrogens is 364 g/mol. The van der Waals surface area contributed by atoms with Crippen LogP contribution < -0.4 is 10.2 Å². The minimum atomic E-state index is -0.304. The topological polar surface area (TPSA) is 71.3 Å². The van der Waals surface area contributed by atoms with Crippen LogP contribution in [0, 0.1) is 0 Å². The molecule has 4 rings (SSSR count). The summed E-state index contributed by atoms with van der Waals surface area (Å²) in [6.07, 6.45) is 13.2. The standard InChI is InChI=1S/C23H30N4O2/c28-22(24-15-14-18-8-4-3-5-9-18)23-25-21(26-29-23)19-10-12-20(13-11-19)27-16-6-1-2-7-17-27/h8,10-13H,1-7,9,14-17H2,(H,24,28). The van der Waals surface area contributed by atoms with E-state index in [1.165, 1.54) is 49.8 Å². The number of benzene rings is 1. The minimum absolute atomic E-state index is 0.0224. The number of anilines is 1. The number of amides is 1. The Labute approximate surface area is 172 Å². The summed E-state index contributed by atoms with van der Waals surface area (Å²) in [6.45, 7) is 2.83. The van der Waals surface area contributed by atoms with Gasteiger partial charge in [-0.2, -0.15) is 4.98 Å². The van der Waals surface area contributed by atoms with Gasteiger partial charge in [0.2, 0.25) is 5.82 Å². The molecule has 1 fully saturated rings. The molecule has 1 aromatic carbocycles. The van der Waals surface area contributed by atoms with Crippen molar-refractivity contribution < 1.29 is 9.32 Å². The van der Waals surface area contributed by atoms with Crippen LogP contribution in [0.15, 0.2) is 40.4 Å². The van der Waals surface area contributed by atoms with Crippen LogP contribution in [-0.4, -0.2) is 35.7 Å². The molecule has 29 heavy (non-hydrogen) atoms. The largest absolute Gasteiger partial charge is 0.372 e. The van der Waals surface area contributed by atoms with E-state index in [0.717, 1.165) is 37.9 Å². The Hall–Kier alpha value is -2.63. The van der Waals surface area contributed by atoms with Gasteiger partial charge in [-0.1, -0.05) is 29.6 Å². The van der Waals surface area contributed by atoms with Gasteiger partial charge in [-0.25, -0.2) is 0 Å². The summed E-state index contributed by atoms with van der Waals surface area (Å²) in [6, 6.07) is 8.22. The first-order valence-corrected chi connectivity index (χ1v) is 10.9. The molecule has 1 aromatic heterocycles. The van der Waals surface area contributed by atoms with E-state index in [1.807, 2.05) is 12.1 Å². The molecule has 1 aliphatic heterocycles. The molecule has 1 aliphatic carbocycles. The van der Waals surface area contributed by atoms with E-state index >= 15 is 0 Å². The van der Waals surface area contributed by atoms with Gasteiger partial charge >= 0.3 is 11.8 Å². The van der Waals surface area contributed by atoms with Crippen molar-refractivity contribution >= 4 is 11.6 Å². The van der Waals surface area contributed by atoms with Crippen molar-refractivity contribution in [2.45, 2.75) is 57.8 Å². The summed E-state index contributed by atoms with van der Waals surface area (Å²) in [5.41, 5.74) is 3.53. The average molecular weight is 395 g/mol. The van der Waals surface area contributed by atoms with Crippen LogP contribution in [-0.2, 0) is 0 Å². The second-order valence-electron chi connectivity index (χ2n) is 7.99. The van der Waals surface area contributed by atoms with Crippen molar-refractivity contribution in [3.63, 3.8) is 0 Å². The summed E-state index contributed by atoms with van der Waals surface area (Å²) < 4.78 is 5.19. The lowest BCUT2D eigenvalue weighted by atomic mass is 9.97. The maximum absolute atomic E-state index is 12.3. The lowest BCUT2D eigenvalue weighted by molar-refractivity contribution is 0.0910. The van der Waals surface area contributed by atoms with Gasteiger partial charge in [0.25, 0.3) is 0 Å². The van der Waals surface area contributed by atoms with Gasteiger partial charge in [0, 0.05) is 30.9 Å². The third-order valence-corrected chi connectivity index (χ3v) is 5.83. The van der Waals surface area contributed by atoms with Crippen LogP contribution in [0.2, 0.25) is 0 Å². The van der Waals surface area contributed by atoms with Gasteiger partial charge in [0.1, 0.15) is 0 Å². The first-order valence-electron chi connectivity index (χ1n) is 10.9. The number of hydrogen-bond donors (Lipinski definition) is 1. The van der Waals surface area contributed by atoms with Crippen LogP contribution in [0.1, 0.15) is 68.5 Å². The molecule has 2 aliphatic rings. The molecule has 1 saturated heterocycles. The average Bonchev–Trinajstić information content (AvgIpc) is 3.10. The number of carbonyl (C=O) groups is 1. The number of allylic oxidation sites excluding steroid dienone is 1. The van der Waals surface area contributed by atoms with E-state index in [4.69, 9.17) is 4.52 Å². The summed E-state index contributed by atoms with van der Waals surface area (Å²) in [7, 11) is 0. The number of carbonyl (C=O) groups excluding carboxylic acids is 1. The molecule has 0 unspecified atom stereocenters. The van der Waals surface area contributed by atoms with E-state index in [-0.39, 0.29) is 11.8 Å². The fraction of sp³-hybridized carbons (Fsp3) is 0.522. The molecule has 0 saturated carbocycles. The number of aromatic nitrogens is 2. The predicted molar refractivity (Wildman–Crippen MR) is 114 cm³/mol. The van der Waals surface area contributed by atoms with Crippen molar-refractivity contribution in [3.05, 3.63) is 41.8 Å². The van der Waals surface area contributed by atoms with Gasteiger partial charge in [0.05, 0.1) is 0 Å². The highest BCUT2D eigenvalue weighted by Gasteiger charge is 2.17. The van der Waals surface area contributed by atoms with Crippen LogP contribution in [0.5, 0.6) is 0 Å². The molecule has 1 amide bonds. The zero-order chi connectivity index (χ0) is 19.9. The van der Waals surface area contributed by atoms with Crippen molar-refractivity contribution in [1.82, 2.24) is 15.5 Å². The lowest BCUT2D eigenvalue weighted by Crippen LogP contribution is -2.25. The first-order chi connectivity index (χ1) is 14.3. The van der Waals surface area contributed by atoms with Crippen LogP contribution in [0.4, 0.5) is 5.69 Å². The Morgan fingerprint density at radius 3 is 2.55 bits per heavy atom. The molecule has 0 bridgehead atoms. The second-order valence-corrected chi connectivity index (χ2v) is 7.99. The Kier molecular flexibility index (Phi) is 6.60. The maximum atomic E-state index is 12.3. The number of nitrogens with zero attached hydrogens (tertiary/aromatic N) is 3. The zero-order valence-electron chi connectivity index (χ0n) is 17.0. The molecule has 6 heteroatoms. The van der Waals surface area contributed by atoms with E-state index in [9.17, 15) is 4.79 Å². The molecule has 0 radical (unpaired) electrons. The predicted octanol–water partition coefficient (Wildman–Crippen LogP) is 4.74. The first kappa shape index (κ1) is 19.7. The Morgan fingerprint density at radius 1 is 1.03 bits per heavy atom. The Balaban J connectivity index is 1.33. The van der Waals surface area contributed by atoms with Crippen molar-refractivity contribution in [3.8, 4) is 11.4 Å². The monoisotopic (exact) mass is 394 g/mol. The van der Waals surface area contributed by atoms with Crippen molar-refractivity contribution in [2.24, 2.45) is 0 Å². The second kappa shape index (κ2) is 9.72. The maximum Gasteiger partial charge on any atom is 0.316 e. The number of nitrogens with one attached hydrogen (secondary N) is 1. The van der Waals surface area contributed by atoms with Crippen LogP contribution >= 0.6 is 0 Å². The van der Waals surface area contributed by atoms with Gasteiger partial charge in [-0.15, -0.1) is 0 Å². The van der Waals surface area contributed by atoms with Gasteiger partial charge in [0.15, 0.2) is 0 Å². The molecule has 0 atom stereocenters. The summed E-state index contributed by atoms with van der Waals surface area (Å²) in [5.74, 6) is 0.170. The molecule has 154 valence electrons. The van der Waals surface area contributed by atoms with E-state index in [2.05, 4.69) is 38.6 Å². The fourth-order valence-electron chi connectivity index (χ4n) is 4.13. The summed E-state index contributed by atoms with van der Waals surface area (Å²) in [5, 5.41) is 6.88. The highest BCUT2D eigenvalue weighted by molar-refractivity contribution is 5.89. The number of rotatable bonds is 6. The van der Waals surface area contributed by atoms with E-state index in [1.54, 1.807) is 0 Å². The van der Waals surface area contributed by atoms with Crippen molar-refractivity contribution in [2.75, 3.05) is 24.5 Å². The number of hydrogen-bond acceptors (Lipinski definition) is 5. The van der Waals surface area contributed by atoms with Crippen LogP contribution in [0.3, 0.4) is 0 Å². The highest BCUT2D eigenvalue weighted by atomic mass is 16.5. The molecule has 6 nitrogen and oxygen atoms in total. The van der Waals surface area contributed by atoms with Crippen molar-refractivity contribution in [1.29, 1.82) is 0 Å². The summed E-state index contributed by atoms with van der Waals surface area (Å²) in [4.78, 5) is 19.0. The Bertz CT molecular complexity index is 833. The fourth-order valence-corrected chi connectivity index (χ4v) is 4.13. The molecule has 2 heterocycles. The van der Waals surface area contributed by atoms with Gasteiger partial charge in [-0.3, -0.25) is 4.79 Å².